The number of hydrogen-bond donors (Lipinski definition) is 0. The minimum absolute atomic E-state index is 0.154. The van der Waals surface area contributed by atoms with Crippen LogP contribution in [0.2, 0.25) is 0 Å². The van der Waals surface area contributed by atoms with Crippen molar-refractivity contribution in [2.75, 3.05) is 6.26 Å². The minimum Gasteiger partial charge on any atom is -0.466 e. The summed E-state index contributed by atoms with van der Waals surface area (Å²) in [4.78, 5) is 15.0. The van der Waals surface area contributed by atoms with E-state index in [-0.39, 0.29) is 11.7 Å². The molecule has 0 saturated heterocycles. The van der Waals surface area contributed by atoms with Crippen molar-refractivity contribution in [3.63, 3.8) is 0 Å². The van der Waals surface area contributed by atoms with Crippen molar-refractivity contribution in [3.8, 4) is 17.3 Å². The highest BCUT2D eigenvalue weighted by atomic mass is 32.2. The molecule has 0 saturated carbocycles. The Morgan fingerprint density at radius 1 is 1.26 bits per heavy atom. The lowest BCUT2D eigenvalue weighted by Crippen LogP contribution is -2.20. The van der Waals surface area contributed by atoms with E-state index in [0.29, 0.717) is 45.9 Å². The van der Waals surface area contributed by atoms with Gasteiger partial charge in [0, 0.05) is 34.2 Å². The van der Waals surface area contributed by atoms with Crippen LogP contribution in [-0.4, -0.2) is 33.2 Å². The Bertz CT molecular complexity index is 1160. The van der Waals surface area contributed by atoms with E-state index in [0.717, 1.165) is 5.56 Å². The smallest absolute Gasteiger partial charge is 0.229 e. The Morgan fingerprint density at radius 3 is 2.62 bits per heavy atom. The molecule has 0 spiro atoms. The third-order valence-electron chi connectivity index (χ3n) is 5.02. The first-order valence-electron chi connectivity index (χ1n) is 11.0. The quantitative estimate of drug-likeness (QED) is 0.138. The van der Waals surface area contributed by atoms with Crippen LogP contribution in [0.15, 0.2) is 62.9 Å². The lowest BCUT2D eigenvalue weighted by Gasteiger charge is -2.18. The van der Waals surface area contributed by atoms with Crippen molar-refractivity contribution in [2.24, 2.45) is 5.16 Å². The van der Waals surface area contributed by atoms with E-state index in [2.05, 4.69) is 20.3 Å². The second kappa shape index (κ2) is 11.8. The lowest BCUT2D eigenvalue weighted by atomic mass is 10.1. The van der Waals surface area contributed by atoms with Gasteiger partial charge in [0.1, 0.15) is 5.82 Å². The molecule has 0 fully saturated rings. The summed E-state index contributed by atoms with van der Waals surface area (Å²) in [6, 6.07) is 8.59. The number of pyridine rings is 1. The molecule has 7 nitrogen and oxygen atoms in total. The molecule has 0 N–H and O–H groups in total. The fourth-order valence-electron chi connectivity index (χ4n) is 3.02. The van der Waals surface area contributed by atoms with Crippen molar-refractivity contribution >= 4 is 17.5 Å². The third kappa shape index (κ3) is 6.22. The van der Waals surface area contributed by atoms with E-state index in [9.17, 15) is 4.39 Å². The predicted molar refractivity (Wildman–Crippen MR) is 132 cm³/mol. The van der Waals surface area contributed by atoms with Crippen molar-refractivity contribution in [3.05, 3.63) is 65.6 Å². The number of halogens is 1. The van der Waals surface area contributed by atoms with Gasteiger partial charge in [-0.25, -0.2) is 9.37 Å². The maximum atomic E-state index is 14.1. The summed E-state index contributed by atoms with van der Waals surface area (Å²) in [5, 5.41) is 8.19. The molecule has 0 aliphatic carbocycles. The average Bonchev–Trinajstić information content (AvgIpc) is 3.34. The summed E-state index contributed by atoms with van der Waals surface area (Å²) in [6.07, 6.45) is 5.51. The molecule has 1 atom stereocenters. The van der Waals surface area contributed by atoms with Gasteiger partial charge in [-0.05, 0) is 50.8 Å². The number of benzene rings is 1. The van der Waals surface area contributed by atoms with Crippen molar-refractivity contribution in [1.82, 2.24) is 15.1 Å². The van der Waals surface area contributed by atoms with Crippen LogP contribution in [0, 0.1) is 5.82 Å². The molecule has 34 heavy (non-hydrogen) atoms. The molecule has 2 heterocycles. The van der Waals surface area contributed by atoms with E-state index in [1.54, 1.807) is 31.3 Å². The van der Waals surface area contributed by atoms with Crippen LogP contribution >= 0.6 is 11.8 Å². The summed E-state index contributed by atoms with van der Waals surface area (Å²) < 4.78 is 25.4. The normalized spacial score (nSPS) is 13.3. The molecule has 180 valence electrons. The van der Waals surface area contributed by atoms with Gasteiger partial charge in [0.05, 0.1) is 5.71 Å². The van der Waals surface area contributed by atoms with Gasteiger partial charge in [-0.3, -0.25) is 0 Å². The van der Waals surface area contributed by atoms with Gasteiger partial charge < -0.3 is 14.1 Å². The molecule has 0 radical (unpaired) electrons. The number of thioether (sulfide) groups is 1. The first-order chi connectivity index (χ1) is 16.4. The number of oxime groups is 1. The molecule has 1 aromatic carbocycles. The molecule has 0 amide bonds. The predicted octanol–water partition coefficient (Wildman–Crippen LogP) is 6.62. The van der Waals surface area contributed by atoms with Gasteiger partial charge in [0.25, 0.3) is 0 Å². The number of allylic oxidation sites excluding steroid dienone is 1. The second-order valence-electron chi connectivity index (χ2n) is 7.82. The molecule has 0 aliphatic heterocycles. The summed E-state index contributed by atoms with van der Waals surface area (Å²) in [5.41, 5.74) is 1.95. The first-order valence-corrected chi connectivity index (χ1v) is 12.3. The van der Waals surface area contributed by atoms with Crippen LogP contribution in [0.5, 0.6) is 5.88 Å². The minimum atomic E-state index is -0.395. The van der Waals surface area contributed by atoms with Gasteiger partial charge in [0.2, 0.25) is 17.6 Å². The van der Waals surface area contributed by atoms with Crippen molar-refractivity contribution in [2.45, 2.75) is 58.0 Å². The first kappa shape index (κ1) is 25.4. The fraction of sp³-hybridized carbons (Fsp3) is 0.360. The zero-order valence-corrected chi connectivity index (χ0v) is 21.0. The zero-order chi connectivity index (χ0) is 24.7. The standard InChI is InChI=1S/C25H29FN4O3S/c1-7-20(21(8-2)32-29-16(5)17-9-11-22(34-6)19(26)13-17)31-23-12-10-18(14-27-23)24-28-25(15(3)4)33-30-24/h8-15,20H,7H2,1-6H3/b21-8+,29-16+. The van der Waals surface area contributed by atoms with Gasteiger partial charge in [0.15, 0.2) is 11.9 Å². The van der Waals surface area contributed by atoms with E-state index in [1.807, 2.05) is 46.1 Å². The molecular weight excluding hydrogens is 455 g/mol. The number of ether oxygens (including phenoxy) is 1. The fourth-order valence-corrected chi connectivity index (χ4v) is 3.48. The van der Waals surface area contributed by atoms with Crippen LogP contribution in [0.25, 0.3) is 11.4 Å². The molecule has 9 heteroatoms. The maximum absolute atomic E-state index is 14.1. The summed E-state index contributed by atoms with van der Waals surface area (Å²) in [7, 11) is 0. The largest absolute Gasteiger partial charge is 0.466 e. The maximum Gasteiger partial charge on any atom is 0.229 e. The van der Waals surface area contributed by atoms with Gasteiger partial charge in [-0.15, -0.1) is 11.8 Å². The van der Waals surface area contributed by atoms with Crippen molar-refractivity contribution in [1.29, 1.82) is 0 Å². The van der Waals surface area contributed by atoms with Crippen LogP contribution in [0.4, 0.5) is 4.39 Å². The van der Waals surface area contributed by atoms with E-state index in [1.165, 1.54) is 17.8 Å². The molecular formula is C25H29FN4O3S. The summed E-state index contributed by atoms with van der Waals surface area (Å²) in [5.74, 6) is 1.90. The number of rotatable bonds is 10. The highest BCUT2D eigenvalue weighted by Gasteiger charge is 2.18. The van der Waals surface area contributed by atoms with E-state index < -0.39 is 6.10 Å². The second-order valence-corrected chi connectivity index (χ2v) is 8.67. The van der Waals surface area contributed by atoms with Gasteiger partial charge >= 0.3 is 0 Å². The Morgan fingerprint density at radius 2 is 2.06 bits per heavy atom. The molecule has 3 rings (SSSR count). The van der Waals surface area contributed by atoms with Gasteiger partial charge in [-0.1, -0.05) is 37.1 Å². The highest BCUT2D eigenvalue weighted by molar-refractivity contribution is 7.98. The number of hydrogen-bond acceptors (Lipinski definition) is 8. The zero-order valence-electron chi connectivity index (χ0n) is 20.2. The Balaban J connectivity index is 1.68. The Kier molecular flexibility index (Phi) is 8.81. The average molecular weight is 485 g/mol. The third-order valence-corrected chi connectivity index (χ3v) is 5.79. The van der Waals surface area contributed by atoms with Crippen molar-refractivity contribution < 1.29 is 18.5 Å². The van der Waals surface area contributed by atoms with Crippen LogP contribution in [0.3, 0.4) is 0 Å². The van der Waals surface area contributed by atoms with E-state index in [4.69, 9.17) is 14.1 Å². The number of nitrogens with zero attached hydrogens (tertiary/aromatic N) is 4. The monoisotopic (exact) mass is 484 g/mol. The SMILES string of the molecule is C/C=C(/O/N=C(\C)c1ccc(SC)c(F)c1)C(CC)Oc1ccc(-c2noc(C(C)C)n2)cn1. The molecule has 2 aromatic heterocycles. The van der Waals surface area contributed by atoms with E-state index >= 15 is 0 Å². The Labute approximate surface area is 203 Å². The van der Waals surface area contributed by atoms with Gasteiger partial charge in [-0.2, -0.15) is 4.98 Å². The molecule has 1 unspecified atom stereocenters. The molecule has 3 aromatic rings. The van der Waals surface area contributed by atoms with Crippen LogP contribution < -0.4 is 4.74 Å². The van der Waals surface area contributed by atoms with Crippen LogP contribution in [0.1, 0.15) is 58.4 Å². The van der Waals surface area contributed by atoms with Crippen LogP contribution in [-0.2, 0) is 4.84 Å². The topological polar surface area (TPSA) is 82.6 Å². The molecule has 0 bridgehead atoms. The summed E-state index contributed by atoms with van der Waals surface area (Å²) >= 11 is 1.36. The highest BCUT2D eigenvalue weighted by Crippen LogP contribution is 2.23. The summed E-state index contributed by atoms with van der Waals surface area (Å²) in [6.45, 7) is 9.57. The Hall–Kier alpha value is -3.20. The molecule has 0 aliphatic rings. The number of aromatic nitrogens is 3. The lowest BCUT2D eigenvalue weighted by molar-refractivity contribution is 0.115.